The molecule has 1 unspecified atom stereocenters. The molecule has 2 rings (SSSR count). The normalized spacial score (nSPS) is 22.2. The summed E-state index contributed by atoms with van der Waals surface area (Å²) in [7, 11) is 0. The largest absolute Gasteiger partial charge is 0.433 e. The Morgan fingerprint density at radius 1 is 1.47 bits per heavy atom. The molecule has 0 aromatic carbocycles. The second kappa shape index (κ2) is 3.84. The molecule has 84 valence electrons. The SMILES string of the molecule is FC(F)(F)c1[nH]ncc1CC1CCNC1. The van der Waals surface area contributed by atoms with Crippen molar-refractivity contribution in [3.63, 3.8) is 0 Å². The van der Waals surface area contributed by atoms with Gasteiger partial charge in [0, 0.05) is 5.56 Å². The van der Waals surface area contributed by atoms with Crippen molar-refractivity contribution in [3.8, 4) is 0 Å². The number of nitrogens with one attached hydrogen (secondary N) is 2. The van der Waals surface area contributed by atoms with Gasteiger partial charge >= 0.3 is 6.18 Å². The molecule has 2 heterocycles. The highest BCUT2D eigenvalue weighted by Gasteiger charge is 2.36. The molecule has 1 fully saturated rings. The van der Waals surface area contributed by atoms with Gasteiger partial charge in [0.15, 0.2) is 0 Å². The van der Waals surface area contributed by atoms with Crippen LogP contribution in [0.5, 0.6) is 0 Å². The molecule has 1 aliphatic rings. The number of H-pyrrole nitrogens is 1. The molecule has 6 heteroatoms. The first-order valence-corrected chi connectivity index (χ1v) is 4.87. The molecule has 0 aliphatic carbocycles. The fourth-order valence-corrected chi connectivity index (χ4v) is 1.91. The zero-order chi connectivity index (χ0) is 10.9. The van der Waals surface area contributed by atoms with E-state index in [-0.39, 0.29) is 5.56 Å². The molecule has 1 aliphatic heterocycles. The average Bonchev–Trinajstić information content (AvgIpc) is 2.73. The maximum Gasteiger partial charge on any atom is 0.433 e. The summed E-state index contributed by atoms with van der Waals surface area (Å²) >= 11 is 0. The van der Waals surface area contributed by atoms with Crippen molar-refractivity contribution in [1.82, 2.24) is 15.5 Å². The fourth-order valence-electron chi connectivity index (χ4n) is 1.91. The van der Waals surface area contributed by atoms with Crippen LogP contribution < -0.4 is 5.32 Å². The molecule has 0 saturated carbocycles. The van der Waals surface area contributed by atoms with Crippen molar-refractivity contribution in [3.05, 3.63) is 17.5 Å². The molecular weight excluding hydrogens is 207 g/mol. The van der Waals surface area contributed by atoms with E-state index in [0.717, 1.165) is 19.5 Å². The van der Waals surface area contributed by atoms with Crippen LogP contribution in [-0.2, 0) is 12.6 Å². The summed E-state index contributed by atoms with van der Waals surface area (Å²) in [6.45, 7) is 1.69. The lowest BCUT2D eigenvalue weighted by Crippen LogP contribution is -2.14. The smallest absolute Gasteiger partial charge is 0.316 e. The second-order valence-electron chi connectivity index (χ2n) is 3.83. The molecule has 0 bridgehead atoms. The molecule has 1 aromatic heterocycles. The van der Waals surface area contributed by atoms with Crippen LogP contribution in [0.25, 0.3) is 0 Å². The first kappa shape index (κ1) is 10.5. The van der Waals surface area contributed by atoms with Gasteiger partial charge < -0.3 is 5.32 Å². The highest BCUT2D eigenvalue weighted by atomic mass is 19.4. The van der Waals surface area contributed by atoms with E-state index in [1.807, 2.05) is 5.10 Å². The van der Waals surface area contributed by atoms with E-state index in [9.17, 15) is 13.2 Å². The number of nitrogens with zero attached hydrogens (tertiary/aromatic N) is 1. The predicted molar refractivity (Wildman–Crippen MR) is 48.3 cm³/mol. The van der Waals surface area contributed by atoms with Gasteiger partial charge in [-0.3, -0.25) is 5.10 Å². The van der Waals surface area contributed by atoms with E-state index < -0.39 is 11.9 Å². The summed E-state index contributed by atoms with van der Waals surface area (Å²) in [4.78, 5) is 0. The number of hydrogen-bond donors (Lipinski definition) is 2. The molecule has 1 saturated heterocycles. The van der Waals surface area contributed by atoms with Crippen molar-refractivity contribution in [2.24, 2.45) is 5.92 Å². The lowest BCUT2D eigenvalue weighted by atomic mass is 9.99. The van der Waals surface area contributed by atoms with Gasteiger partial charge in [0.2, 0.25) is 0 Å². The Balaban J connectivity index is 2.11. The Morgan fingerprint density at radius 3 is 2.87 bits per heavy atom. The zero-order valence-electron chi connectivity index (χ0n) is 8.06. The van der Waals surface area contributed by atoms with Gasteiger partial charge in [0.1, 0.15) is 5.69 Å². The van der Waals surface area contributed by atoms with Crippen molar-refractivity contribution in [2.45, 2.75) is 19.0 Å². The minimum atomic E-state index is -4.32. The Kier molecular flexibility index (Phi) is 2.68. The van der Waals surface area contributed by atoms with Crippen LogP contribution in [0, 0.1) is 5.92 Å². The number of rotatable bonds is 2. The molecular formula is C9H12F3N3. The number of aromatic amines is 1. The van der Waals surface area contributed by atoms with Crippen LogP contribution in [0.3, 0.4) is 0 Å². The minimum Gasteiger partial charge on any atom is -0.316 e. The first-order chi connectivity index (χ1) is 7.07. The van der Waals surface area contributed by atoms with E-state index >= 15 is 0 Å². The van der Waals surface area contributed by atoms with Crippen LogP contribution in [-0.4, -0.2) is 23.3 Å². The zero-order valence-corrected chi connectivity index (χ0v) is 8.06. The number of halogens is 3. The maximum atomic E-state index is 12.5. The molecule has 0 amide bonds. The molecule has 2 N–H and O–H groups in total. The van der Waals surface area contributed by atoms with Crippen LogP contribution in [0.1, 0.15) is 17.7 Å². The molecule has 3 nitrogen and oxygen atoms in total. The van der Waals surface area contributed by atoms with Gasteiger partial charge in [-0.15, -0.1) is 0 Å². The van der Waals surface area contributed by atoms with E-state index in [1.54, 1.807) is 0 Å². The molecule has 1 aromatic rings. The third-order valence-electron chi connectivity index (χ3n) is 2.67. The summed E-state index contributed by atoms with van der Waals surface area (Å²) in [5, 5.41) is 8.62. The van der Waals surface area contributed by atoms with Crippen molar-refractivity contribution in [1.29, 1.82) is 0 Å². The summed E-state index contributed by atoms with van der Waals surface area (Å²) in [6.07, 6.45) is -1.67. The summed E-state index contributed by atoms with van der Waals surface area (Å²) in [5.74, 6) is 0.295. The Labute approximate surface area is 85.1 Å². The minimum absolute atomic E-state index is 0.274. The Hall–Kier alpha value is -1.04. The quantitative estimate of drug-likeness (QED) is 0.792. The number of alkyl halides is 3. The lowest BCUT2D eigenvalue weighted by Gasteiger charge is -2.10. The molecule has 0 spiro atoms. The number of aromatic nitrogens is 2. The van der Waals surface area contributed by atoms with Crippen molar-refractivity contribution in [2.75, 3.05) is 13.1 Å². The summed E-state index contributed by atoms with van der Waals surface area (Å²) in [6, 6.07) is 0. The second-order valence-corrected chi connectivity index (χ2v) is 3.83. The highest BCUT2D eigenvalue weighted by Crippen LogP contribution is 2.31. The molecule has 1 atom stereocenters. The monoisotopic (exact) mass is 219 g/mol. The van der Waals surface area contributed by atoms with Gasteiger partial charge in [0.25, 0.3) is 0 Å². The van der Waals surface area contributed by atoms with Crippen LogP contribution >= 0.6 is 0 Å². The Morgan fingerprint density at radius 2 is 2.27 bits per heavy atom. The average molecular weight is 219 g/mol. The van der Waals surface area contributed by atoms with Crippen LogP contribution in [0.2, 0.25) is 0 Å². The van der Waals surface area contributed by atoms with Gasteiger partial charge in [-0.05, 0) is 31.8 Å². The van der Waals surface area contributed by atoms with Crippen LogP contribution in [0.15, 0.2) is 6.20 Å². The predicted octanol–water partition coefficient (Wildman–Crippen LogP) is 1.58. The topological polar surface area (TPSA) is 40.7 Å². The standard InChI is InChI=1S/C9H12F3N3/c10-9(11,12)8-7(5-14-15-8)3-6-1-2-13-4-6/h5-6,13H,1-4H2,(H,14,15). The summed E-state index contributed by atoms with van der Waals surface area (Å²) in [5.41, 5.74) is -0.425. The van der Waals surface area contributed by atoms with E-state index in [2.05, 4.69) is 10.4 Å². The fraction of sp³-hybridized carbons (Fsp3) is 0.667. The van der Waals surface area contributed by atoms with Gasteiger partial charge in [-0.25, -0.2) is 0 Å². The Bertz CT molecular complexity index is 326. The van der Waals surface area contributed by atoms with Gasteiger partial charge in [0.05, 0.1) is 6.20 Å². The molecule has 0 radical (unpaired) electrons. The van der Waals surface area contributed by atoms with E-state index in [4.69, 9.17) is 0 Å². The van der Waals surface area contributed by atoms with Crippen molar-refractivity contribution >= 4 is 0 Å². The van der Waals surface area contributed by atoms with E-state index in [1.165, 1.54) is 6.20 Å². The van der Waals surface area contributed by atoms with E-state index in [0.29, 0.717) is 12.3 Å². The third-order valence-corrected chi connectivity index (χ3v) is 2.67. The lowest BCUT2D eigenvalue weighted by molar-refractivity contribution is -0.141. The maximum absolute atomic E-state index is 12.5. The van der Waals surface area contributed by atoms with Crippen LogP contribution in [0.4, 0.5) is 13.2 Å². The first-order valence-electron chi connectivity index (χ1n) is 4.87. The van der Waals surface area contributed by atoms with Gasteiger partial charge in [-0.2, -0.15) is 18.3 Å². The third kappa shape index (κ3) is 2.31. The van der Waals surface area contributed by atoms with Crippen molar-refractivity contribution < 1.29 is 13.2 Å². The summed E-state index contributed by atoms with van der Waals surface area (Å²) < 4.78 is 37.4. The highest BCUT2D eigenvalue weighted by molar-refractivity contribution is 5.20. The molecule has 15 heavy (non-hydrogen) atoms. The number of hydrogen-bond acceptors (Lipinski definition) is 2. The van der Waals surface area contributed by atoms with Gasteiger partial charge in [-0.1, -0.05) is 0 Å².